The molecule has 1 aliphatic rings. The molecule has 6 heteroatoms. The molecule has 3 heterocycles. The highest BCUT2D eigenvalue weighted by molar-refractivity contribution is 5.87. The van der Waals surface area contributed by atoms with Crippen LogP contribution >= 0.6 is 0 Å². The molecule has 4 rings (SSSR count). The van der Waals surface area contributed by atoms with Crippen LogP contribution in [0.1, 0.15) is 29.9 Å². The largest absolute Gasteiger partial charge is 0.356 e. The molecule has 1 aliphatic heterocycles. The average molecular weight is 379 g/mol. The molecule has 0 unspecified atom stereocenters. The fourth-order valence-corrected chi connectivity index (χ4v) is 4.03. The van der Waals surface area contributed by atoms with Gasteiger partial charge in [-0.1, -0.05) is 24.3 Å². The van der Waals surface area contributed by atoms with Crippen molar-refractivity contribution in [3.05, 3.63) is 54.0 Å². The molecule has 0 atom stereocenters. The van der Waals surface area contributed by atoms with Crippen molar-refractivity contribution in [3.8, 4) is 0 Å². The molecule has 0 radical (unpaired) electrons. The number of aromatic nitrogens is 3. The number of nitrogens with one attached hydrogen (secondary N) is 2. The van der Waals surface area contributed by atoms with E-state index in [1.807, 2.05) is 6.20 Å². The first-order chi connectivity index (χ1) is 13.7. The fourth-order valence-electron chi connectivity index (χ4n) is 4.03. The second-order valence-electron chi connectivity index (χ2n) is 7.92. The number of piperidine rings is 1. The number of anilines is 1. The summed E-state index contributed by atoms with van der Waals surface area (Å²) in [5.41, 5.74) is 3.77. The Morgan fingerprint density at radius 3 is 2.86 bits per heavy atom. The third-order valence-electron chi connectivity index (χ3n) is 5.61. The van der Waals surface area contributed by atoms with Gasteiger partial charge in [-0.25, -0.2) is 9.97 Å². The number of fused-ring (bicyclic) bond motifs is 1. The smallest absolute Gasteiger partial charge is 0.142 e. The Kier molecular flexibility index (Phi) is 5.88. The van der Waals surface area contributed by atoms with Crippen LogP contribution in [0.4, 0.5) is 5.82 Å². The third-order valence-corrected chi connectivity index (χ3v) is 5.61. The van der Waals surface area contributed by atoms with Crippen LogP contribution in [0, 0.1) is 0 Å². The van der Waals surface area contributed by atoms with Crippen molar-refractivity contribution in [1.82, 2.24) is 25.2 Å². The maximum atomic E-state index is 4.55. The predicted molar refractivity (Wildman–Crippen MR) is 115 cm³/mol. The van der Waals surface area contributed by atoms with Gasteiger partial charge in [0, 0.05) is 38.9 Å². The molecule has 0 amide bonds. The van der Waals surface area contributed by atoms with Crippen LogP contribution in [-0.4, -0.2) is 60.1 Å². The molecule has 148 valence electrons. The van der Waals surface area contributed by atoms with Gasteiger partial charge in [-0.3, -0.25) is 0 Å². The summed E-state index contributed by atoms with van der Waals surface area (Å²) in [4.78, 5) is 16.6. The van der Waals surface area contributed by atoms with Gasteiger partial charge in [-0.15, -0.1) is 0 Å². The van der Waals surface area contributed by atoms with E-state index in [2.05, 4.69) is 74.5 Å². The van der Waals surface area contributed by atoms with E-state index in [1.165, 1.54) is 11.1 Å². The number of H-pyrrole nitrogens is 1. The highest BCUT2D eigenvalue weighted by atomic mass is 15.2. The van der Waals surface area contributed by atoms with Gasteiger partial charge in [0.2, 0.25) is 0 Å². The van der Waals surface area contributed by atoms with Gasteiger partial charge in [-0.05, 0) is 50.0 Å². The molecule has 6 nitrogen and oxygen atoms in total. The number of nitrogens with zero attached hydrogens (tertiary/aromatic N) is 4. The summed E-state index contributed by atoms with van der Waals surface area (Å²) in [6, 6.07) is 11.2. The quantitative estimate of drug-likeness (QED) is 0.619. The number of likely N-dealkylation sites (N-methyl/N-ethyl adjacent to an activating group) is 1. The summed E-state index contributed by atoms with van der Waals surface area (Å²) < 4.78 is 0. The standard InChI is InChI=1S/C22H30N6/c1-27(2)13-10-23-15-17-4-3-5-19(14-17)18-7-11-28(12-8-18)22-20-6-9-24-21(20)25-16-26-22/h3-6,9,14,16,18,23H,7-8,10-13,15H2,1-2H3,(H,24,25,26). The number of rotatable bonds is 7. The molecule has 1 fully saturated rings. The first kappa shape index (κ1) is 18.9. The zero-order valence-electron chi connectivity index (χ0n) is 16.9. The van der Waals surface area contributed by atoms with Crippen molar-refractivity contribution < 1.29 is 0 Å². The van der Waals surface area contributed by atoms with Gasteiger partial charge in [0.1, 0.15) is 17.8 Å². The van der Waals surface area contributed by atoms with E-state index in [4.69, 9.17) is 0 Å². The van der Waals surface area contributed by atoms with Gasteiger partial charge in [0.25, 0.3) is 0 Å². The minimum Gasteiger partial charge on any atom is -0.356 e. The van der Waals surface area contributed by atoms with E-state index in [0.29, 0.717) is 5.92 Å². The van der Waals surface area contributed by atoms with Gasteiger partial charge < -0.3 is 20.1 Å². The van der Waals surface area contributed by atoms with Gasteiger partial charge in [0.05, 0.1) is 5.39 Å². The molecule has 28 heavy (non-hydrogen) atoms. The Balaban J connectivity index is 1.36. The molecule has 0 spiro atoms. The van der Waals surface area contributed by atoms with Crippen LogP contribution in [0.25, 0.3) is 11.0 Å². The highest BCUT2D eigenvalue weighted by Gasteiger charge is 2.23. The zero-order chi connectivity index (χ0) is 19.3. The maximum Gasteiger partial charge on any atom is 0.142 e. The van der Waals surface area contributed by atoms with Crippen LogP contribution < -0.4 is 10.2 Å². The third kappa shape index (κ3) is 4.34. The molecule has 2 N–H and O–H groups in total. The SMILES string of the molecule is CN(C)CCNCc1cccc(C2CCN(c3ncnc4[nH]ccc34)CC2)c1. The molecular formula is C22H30N6. The Morgan fingerprint density at radius 2 is 2.04 bits per heavy atom. The van der Waals surface area contributed by atoms with Gasteiger partial charge >= 0.3 is 0 Å². The lowest BCUT2D eigenvalue weighted by Gasteiger charge is -2.33. The van der Waals surface area contributed by atoms with E-state index in [0.717, 1.165) is 62.4 Å². The lowest BCUT2D eigenvalue weighted by molar-refractivity contribution is 0.400. The summed E-state index contributed by atoms with van der Waals surface area (Å²) >= 11 is 0. The molecule has 2 aromatic heterocycles. The fraction of sp³-hybridized carbons (Fsp3) is 0.455. The summed E-state index contributed by atoms with van der Waals surface area (Å²) in [5.74, 6) is 1.69. The lowest BCUT2D eigenvalue weighted by atomic mass is 9.88. The minimum absolute atomic E-state index is 0.626. The van der Waals surface area contributed by atoms with Gasteiger partial charge in [0.15, 0.2) is 0 Å². The Hall–Kier alpha value is -2.44. The monoisotopic (exact) mass is 378 g/mol. The van der Waals surface area contributed by atoms with Crippen molar-refractivity contribution >= 4 is 16.9 Å². The van der Waals surface area contributed by atoms with Crippen LogP contribution in [-0.2, 0) is 6.54 Å². The van der Waals surface area contributed by atoms with Crippen LogP contribution in [0.2, 0.25) is 0 Å². The van der Waals surface area contributed by atoms with Crippen LogP contribution in [0.3, 0.4) is 0 Å². The van der Waals surface area contributed by atoms with Crippen molar-refractivity contribution in [1.29, 1.82) is 0 Å². The van der Waals surface area contributed by atoms with Crippen LogP contribution in [0.15, 0.2) is 42.9 Å². The molecule has 3 aromatic rings. The molecule has 0 saturated carbocycles. The van der Waals surface area contributed by atoms with Crippen molar-refractivity contribution in [2.75, 3.05) is 45.2 Å². The first-order valence-corrected chi connectivity index (χ1v) is 10.2. The Labute approximate surface area is 167 Å². The number of hydrogen-bond donors (Lipinski definition) is 2. The first-order valence-electron chi connectivity index (χ1n) is 10.2. The molecule has 1 aromatic carbocycles. The second kappa shape index (κ2) is 8.71. The molecular weight excluding hydrogens is 348 g/mol. The van der Waals surface area contributed by atoms with Crippen molar-refractivity contribution in [3.63, 3.8) is 0 Å². The van der Waals surface area contributed by atoms with Crippen LogP contribution in [0.5, 0.6) is 0 Å². The van der Waals surface area contributed by atoms with E-state index in [-0.39, 0.29) is 0 Å². The number of hydrogen-bond acceptors (Lipinski definition) is 5. The van der Waals surface area contributed by atoms with Crippen molar-refractivity contribution in [2.45, 2.75) is 25.3 Å². The predicted octanol–water partition coefficient (Wildman–Crippen LogP) is 2.99. The van der Waals surface area contributed by atoms with E-state index in [1.54, 1.807) is 6.33 Å². The molecule has 0 aliphatic carbocycles. The Bertz CT molecular complexity index is 895. The molecule has 0 bridgehead atoms. The topological polar surface area (TPSA) is 60.1 Å². The van der Waals surface area contributed by atoms with E-state index >= 15 is 0 Å². The van der Waals surface area contributed by atoms with E-state index in [9.17, 15) is 0 Å². The summed E-state index contributed by atoms with van der Waals surface area (Å²) in [7, 11) is 4.22. The highest BCUT2D eigenvalue weighted by Crippen LogP contribution is 2.32. The molecule has 1 saturated heterocycles. The van der Waals surface area contributed by atoms with Gasteiger partial charge in [-0.2, -0.15) is 0 Å². The summed E-state index contributed by atoms with van der Waals surface area (Å²) in [6.45, 7) is 5.09. The maximum absolute atomic E-state index is 4.55. The Morgan fingerprint density at radius 1 is 1.18 bits per heavy atom. The number of benzene rings is 1. The summed E-state index contributed by atoms with van der Waals surface area (Å²) in [6.07, 6.45) is 5.92. The average Bonchev–Trinajstić information content (AvgIpc) is 3.20. The minimum atomic E-state index is 0.626. The normalized spacial score (nSPS) is 15.6. The van der Waals surface area contributed by atoms with E-state index < -0.39 is 0 Å². The number of aromatic amines is 1. The second-order valence-corrected chi connectivity index (χ2v) is 7.92. The zero-order valence-corrected chi connectivity index (χ0v) is 16.9. The summed E-state index contributed by atoms with van der Waals surface area (Å²) in [5, 5.41) is 4.66. The lowest BCUT2D eigenvalue weighted by Crippen LogP contribution is -2.33. The van der Waals surface area contributed by atoms with Crippen molar-refractivity contribution in [2.24, 2.45) is 0 Å².